The maximum atomic E-state index is 13.0. The van der Waals surface area contributed by atoms with Crippen molar-refractivity contribution >= 4 is 23.3 Å². The highest BCUT2D eigenvalue weighted by molar-refractivity contribution is 5.96. The van der Waals surface area contributed by atoms with Crippen LogP contribution in [0.3, 0.4) is 0 Å². The molecule has 12 heteroatoms. The van der Waals surface area contributed by atoms with Crippen molar-refractivity contribution in [3.63, 3.8) is 0 Å². The highest BCUT2D eigenvalue weighted by Gasteiger charge is 2.30. The Morgan fingerprint density at radius 3 is 1.73 bits per heavy atom. The van der Waals surface area contributed by atoms with Crippen LogP contribution in [0.5, 0.6) is 0 Å². The van der Waals surface area contributed by atoms with Gasteiger partial charge in [0.1, 0.15) is 13.2 Å². The third kappa shape index (κ3) is 19.6. The van der Waals surface area contributed by atoms with Gasteiger partial charge in [-0.25, -0.2) is 4.79 Å². The number of rotatable bonds is 28. The second-order valence-electron chi connectivity index (χ2n) is 11.1. The van der Waals surface area contributed by atoms with E-state index in [0.29, 0.717) is 58.4 Å². The van der Waals surface area contributed by atoms with Crippen molar-refractivity contribution in [2.24, 2.45) is 0 Å². The lowest BCUT2D eigenvalue weighted by atomic mass is 10.1. The Morgan fingerprint density at radius 2 is 1.15 bits per heavy atom. The lowest BCUT2D eigenvalue weighted by Crippen LogP contribution is -2.15. The summed E-state index contributed by atoms with van der Waals surface area (Å²) in [7, 11) is 0. The van der Waals surface area contributed by atoms with E-state index >= 15 is 0 Å². The number of hydrogen-bond donors (Lipinski definition) is 1. The Morgan fingerprint density at radius 1 is 0.625 bits per heavy atom. The maximum absolute atomic E-state index is 13.0. The number of halogens is 3. The van der Waals surface area contributed by atoms with Gasteiger partial charge >= 0.3 is 18.1 Å². The van der Waals surface area contributed by atoms with Crippen molar-refractivity contribution in [1.82, 2.24) is 0 Å². The number of alkyl halides is 3. The molecular formula is C36H52F3NO8. The summed E-state index contributed by atoms with van der Waals surface area (Å²) in [5, 5.41) is 2.86. The second kappa shape index (κ2) is 25.8. The summed E-state index contributed by atoms with van der Waals surface area (Å²) in [6.45, 7) is 5.14. The number of anilines is 2. The number of ether oxygens (including phenoxy) is 6. The molecule has 0 aliphatic rings. The van der Waals surface area contributed by atoms with Crippen molar-refractivity contribution in [1.29, 1.82) is 0 Å². The van der Waals surface area contributed by atoms with Gasteiger partial charge in [-0.1, -0.05) is 76.5 Å². The summed E-state index contributed by atoms with van der Waals surface area (Å²) in [4.78, 5) is 24.4. The minimum Gasteiger partial charge on any atom is -0.463 e. The molecule has 0 bridgehead atoms. The number of esters is 2. The Balaban J connectivity index is 1.39. The van der Waals surface area contributed by atoms with Gasteiger partial charge in [0.15, 0.2) is 0 Å². The van der Waals surface area contributed by atoms with Crippen molar-refractivity contribution < 1.29 is 51.2 Å². The molecule has 0 amide bonds. The molecule has 0 unspecified atom stereocenters. The van der Waals surface area contributed by atoms with Gasteiger partial charge in [-0.2, -0.15) is 13.2 Å². The first-order chi connectivity index (χ1) is 23.3. The first-order valence-corrected chi connectivity index (χ1v) is 17.0. The van der Waals surface area contributed by atoms with Gasteiger partial charge in [0.05, 0.1) is 69.7 Å². The molecule has 270 valence electrons. The molecule has 0 aliphatic carbocycles. The van der Waals surface area contributed by atoms with Crippen LogP contribution in [-0.2, 0) is 39.4 Å². The summed E-state index contributed by atoms with van der Waals surface area (Å²) in [5.74, 6) is -0.801. The smallest absolute Gasteiger partial charge is 0.416 e. The fraction of sp³-hybridized carbons (Fsp3) is 0.611. The maximum Gasteiger partial charge on any atom is 0.416 e. The number of benzene rings is 2. The topological polar surface area (TPSA) is 102 Å². The zero-order valence-corrected chi connectivity index (χ0v) is 28.2. The molecule has 0 heterocycles. The standard InChI is InChI=1S/C36H52F3NO8/c1-2-3-4-5-6-7-8-9-10-18-34(41)47-27-25-45-23-21-43-19-20-44-22-24-46-26-28-48-35(42)32-16-11-12-17-33(32)40-31-15-13-14-30(29-31)36(37,38)39/h11-17,29,40H,2-10,18-28H2,1H3. The van der Waals surface area contributed by atoms with E-state index in [1.807, 2.05) is 0 Å². The Bertz CT molecular complexity index is 1150. The average molecular weight is 684 g/mol. The summed E-state index contributed by atoms with van der Waals surface area (Å²) in [6, 6.07) is 11.1. The normalized spacial score (nSPS) is 11.4. The van der Waals surface area contributed by atoms with Crippen LogP contribution in [0.2, 0.25) is 0 Å². The molecule has 0 aliphatic heterocycles. The fourth-order valence-corrected chi connectivity index (χ4v) is 4.60. The molecule has 1 N–H and O–H groups in total. The lowest BCUT2D eigenvalue weighted by molar-refractivity contribution is -0.145. The zero-order chi connectivity index (χ0) is 34.7. The predicted molar refractivity (Wildman–Crippen MR) is 178 cm³/mol. The molecule has 0 aromatic heterocycles. The minimum absolute atomic E-state index is 0.00164. The van der Waals surface area contributed by atoms with Crippen LogP contribution in [0, 0.1) is 0 Å². The van der Waals surface area contributed by atoms with Crippen LogP contribution >= 0.6 is 0 Å². The number of hydrogen-bond acceptors (Lipinski definition) is 9. The van der Waals surface area contributed by atoms with Gasteiger partial charge in [0.2, 0.25) is 0 Å². The molecule has 2 aromatic carbocycles. The van der Waals surface area contributed by atoms with Crippen LogP contribution in [0.1, 0.15) is 87.1 Å². The van der Waals surface area contributed by atoms with Crippen molar-refractivity contribution in [3.05, 3.63) is 59.7 Å². The molecule has 2 aromatic rings. The average Bonchev–Trinajstić information content (AvgIpc) is 3.07. The van der Waals surface area contributed by atoms with Gasteiger partial charge < -0.3 is 33.7 Å². The monoisotopic (exact) mass is 683 g/mol. The Kier molecular flexibility index (Phi) is 22.0. The molecule has 0 spiro atoms. The largest absolute Gasteiger partial charge is 0.463 e. The van der Waals surface area contributed by atoms with E-state index < -0.39 is 17.7 Å². The van der Waals surface area contributed by atoms with Gasteiger partial charge in [-0.3, -0.25) is 4.79 Å². The van der Waals surface area contributed by atoms with Gasteiger partial charge in [-0.05, 0) is 36.8 Å². The van der Waals surface area contributed by atoms with E-state index in [-0.39, 0.29) is 37.0 Å². The number of unbranched alkanes of at least 4 members (excludes halogenated alkanes) is 8. The quantitative estimate of drug-likeness (QED) is 0.0704. The molecule has 0 radical (unpaired) electrons. The Labute approximate surface area is 282 Å². The lowest BCUT2D eigenvalue weighted by Gasteiger charge is -2.13. The molecule has 0 atom stereocenters. The van der Waals surface area contributed by atoms with E-state index in [9.17, 15) is 22.8 Å². The van der Waals surface area contributed by atoms with Crippen molar-refractivity contribution in [2.45, 2.75) is 77.3 Å². The third-order valence-corrected chi connectivity index (χ3v) is 7.17. The van der Waals surface area contributed by atoms with Gasteiger partial charge in [0.25, 0.3) is 0 Å². The summed E-state index contributed by atoms with van der Waals surface area (Å²) in [6.07, 6.45) is 6.88. The number of carbonyl (C=O) groups is 2. The number of nitrogens with one attached hydrogen (secondary N) is 1. The van der Waals surface area contributed by atoms with Crippen LogP contribution in [-0.4, -0.2) is 78.0 Å². The summed E-state index contributed by atoms with van der Waals surface area (Å²) in [5.41, 5.74) is -0.0871. The summed E-state index contributed by atoms with van der Waals surface area (Å²) < 4.78 is 71.3. The zero-order valence-electron chi connectivity index (χ0n) is 28.2. The van der Waals surface area contributed by atoms with E-state index in [2.05, 4.69) is 12.2 Å². The van der Waals surface area contributed by atoms with E-state index in [1.54, 1.807) is 18.2 Å². The van der Waals surface area contributed by atoms with Crippen LogP contribution < -0.4 is 5.32 Å². The number of carbonyl (C=O) groups excluding carboxylic acids is 2. The van der Waals surface area contributed by atoms with E-state index in [4.69, 9.17) is 28.4 Å². The SMILES string of the molecule is CCCCCCCCCCCC(=O)OCCOCCOCCOCCOCCOC(=O)c1ccccc1Nc1cccc(C(F)(F)F)c1. The highest BCUT2D eigenvalue weighted by atomic mass is 19.4. The first kappa shape index (κ1) is 41.0. The van der Waals surface area contributed by atoms with Gasteiger partial charge in [-0.15, -0.1) is 0 Å². The predicted octanol–water partition coefficient (Wildman–Crippen LogP) is 8.14. The molecule has 0 saturated carbocycles. The highest BCUT2D eigenvalue weighted by Crippen LogP contribution is 2.32. The molecule has 0 fully saturated rings. The molecule has 9 nitrogen and oxygen atoms in total. The van der Waals surface area contributed by atoms with E-state index in [0.717, 1.165) is 25.0 Å². The minimum atomic E-state index is -4.48. The molecular weight excluding hydrogens is 631 g/mol. The van der Waals surface area contributed by atoms with Crippen molar-refractivity contribution in [2.75, 3.05) is 71.4 Å². The van der Waals surface area contributed by atoms with Gasteiger partial charge in [0, 0.05) is 12.1 Å². The summed E-state index contributed by atoms with van der Waals surface area (Å²) >= 11 is 0. The molecule has 2 rings (SSSR count). The second-order valence-corrected chi connectivity index (χ2v) is 11.1. The molecule has 48 heavy (non-hydrogen) atoms. The van der Waals surface area contributed by atoms with Crippen LogP contribution in [0.15, 0.2) is 48.5 Å². The third-order valence-electron chi connectivity index (χ3n) is 7.17. The van der Waals surface area contributed by atoms with Crippen molar-refractivity contribution in [3.8, 4) is 0 Å². The van der Waals surface area contributed by atoms with Crippen LogP contribution in [0.4, 0.5) is 24.5 Å². The molecule has 0 saturated heterocycles. The van der Waals surface area contributed by atoms with E-state index in [1.165, 1.54) is 63.1 Å². The number of para-hydroxylation sites is 1. The first-order valence-electron chi connectivity index (χ1n) is 17.0. The fourth-order valence-electron chi connectivity index (χ4n) is 4.60. The Hall–Kier alpha value is -3.19. The van der Waals surface area contributed by atoms with Crippen LogP contribution in [0.25, 0.3) is 0 Å².